The Bertz CT molecular complexity index is 392. The van der Waals surface area contributed by atoms with Gasteiger partial charge in [-0.1, -0.05) is 0 Å². The van der Waals surface area contributed by atoms with E-state index < -0.39 is 18.7 Å². The highest BCUT2D eigenvalue weighted by Gasteiger charge is 2.30. The van der Waals surface area contributed by atoms with Crippen LogP contribution in [-0.2, 0) is 13.6 Å². The summed E-state index contributed by atoms with van der Waals surface area (Å²) in [4.78, 5) is 11.4. The zero-order valence-corrected chi connectivity index (χ0v) is 7.78. The summed E-state index contributed by atoms with van der Waals surface area (Å²) in [6.45, 7) is -0.612. The van der Waals surface area contributed by atoms with Crippen LogP contribution in [0.1, 0.15) is 24.6 Å². The maximum atomic E-state index is 12.0. The summed E-state index contributed by atoms with van der Waals surface area (Å²) in [5, 5.41) is 3.90. The van der Waals surface area contributed by atoms with Crippen LogP contribution in [0.15, 0.2) is 4.79 Å². The topological polar surface area (TPSA) is 39.8 Å². The summed E-state index contributed by atoms with van der Waals surface area (Å²) in [6.07, 6.45) is -0.535. The van der Waals surface area contributed by atoms with Crippen molar-refractivity contribution < 1.29 is 8.78 Å². The molecule has 4 nitrogen and oxygen atoms in total. The van der Waals surface area contributed by atoms with Gasteiger partial charge in [0, 0.05) is 13.0 Å². The zero-order chi connectivity index (χ0) is 10.3. The number of hydrogen-bond donors (Lipinski definition) is 0. The van der Waals surface area contributed by atoms with E-state index in [2.05, 4.69) is 5.10 Å². The van der Waals surface area contributed by atoms with Crippen LogP contribution in [0.3, 0.4) is 0 Å². The van der Waals surface area contributed by atoms with Crippen molar-refractivity contribution in [3.63, 3.8) is 0 Å². The normalized spacial score (nSPS) is 16.6. The van der Waals surface area contributed by atoms with Gasteiger partial charge < -0.3 is 0 Å². The monoisotopic (exact) mass is 203 g/mol. The molecule has 1 aliphatic rings. The third-order valence-electron chi connectivity index (χ3n) is 2.33. The molecule has 0 saturated heterocycles. The van der Waals surface area contributed by atoms with E-state index in [0.717, 1.165) is 17.5 Å². The average Bonchev–Trinajstić information content (AvgIpc) is 2.88. The van der Waals surface area contributed by atoms with Gasteiger partial charge in [-0.2, -0.15) is 5.10 Å². The predicted octanol–water partition coefficient (Wildman–Crippen LogP) is 0.724. The number of hydrogen-bond acceptors (Lipinski definition) is 2. The minimum Gasteiger partial charge on any atom is -0.282 e. The number of nitrogens with zero attached hydrogens (tertiary/aromatic N) is 3. The summed E-state index contributed by atoms with van der Waals surface area (Å²) in [5.41, 5.74) is -0.452. The Morgan fingerprint density at radius 2 is 2.21 bits per heavy atom. The lowest BCUT2D eigenvalue weighted by Crippen LogP contribution is -2.25. The standard InChI is InChI=1S/C8H11F2N3O/c1-12-7(5-2-3-5)11-13(8(12)14)4-6(9)10/h5-6H,2-4H2,1H3. The van der Waals surface area contributed by atoms with Gasteiger partial charge in [0.2, 0.25) is 0 Å². The van der Waals surface area contributed by atoms with Crippen molar-refractivity contribution in [1.29, 1.82) is 0 Å². The molecule has 6 heteroatoms. The lowest BCUT2D eigenvalue weighted by Gasteiger charge is -1.95. The molecule has 2 rings (SSSR count). The second-order valence-corrected chi connectivity index (χ2v) is 3.55. The molecule has 1 saturated carbocycles. The van der Waals surface area contributed by atoms with Crippen molar-refractivity contribution in [1.82, 2.24) is 14.3 Å². The van der Waals surface area contributed by atoms with Crippen molar-refractivity contribution in [2.24, 2.45) is 7.05 Å². The smallest absolute Gasteiger partial charge is 0.282 e. The molecule has 1 fully saturated rings. The molecule has 0 amide bonds. The SMILES string of the molecule is Cn1c(C2CC2)nn(CC(F)F)c1=O. The van der Waals surface area contributed by atoms with Gasteiger partial charge in [-0.3, -0.25) is 4.57 Å². The van der Waals surface area contributed by atoms with E-state index in [1.807, 2.05) is 0 Å². The Morgan fingerprint density at radius 1 is 1.57 bits per heavy atom. The molecular weight excluding hydrogens is 192 g/mol. The fourth-order valence-electron chi connectivity index (χ4n) is 1.45. The van der Waals surface area contributed by atoms with E-state index in [0.29, 0.717) is 11.7 Å². The minimum absolute atomic E-state index is 0.298. The van der Waals surface area contributed by atoms with Gasteiger partial charge in [0.05, 0.1) is 0 Å². The lowest BCUT2D eigenvalue weighted by molar-refractivity contribution is 0.120. The molecule has 14 heavy (non-hydrogen) atoms. The summed E-state index contributed by atoms with van der Waals surface area (Å²) >= 11 is 0. The van der Waals surface area contributed by atoms with Crippen molar-refractivity contribution in [3.8, 4) is 0 Å². The summed E-state index contributed by atoms with van der Waals surface area (Å²) in [5.74, 6) is 0.933. The summed E-state index contributed by atoms with van der Waals surface area (Å²) in [7, 11) is 1.57. The van der Waals surface area contributed by atoms with E-state index in [9.17, 15) is 13.6 Å². The number of halogens is 2. The fourth-order valence-corrected chi connectivity index (χ4v) is 1.45. The zero-order valence-electron chi connectivity index (χ0n) is 7.78. The van der Waals surface area contributed by atoms with Gasteiger partial charge in [-0.05, 0) is 12.8 Å². The van der Waals surface area contributed by atoms with Gasteiger partial charge in [0.25, 0.3) is 6.43 Å². The van der Waals surface area contributed by atoms with Crippen molar-refractivity contribution >= 4 is 0 Å². The molecule has 0 aliphatic heterocycles. The lowest BCUT2D eigenvalue weighted by atomic mass is 10.4. The molecule has 78 valence electrons. The summed E-state index contributed by atoms with van der Waals surface area (Å²) in [6, 6.07) is 0. The van der Waals surface area contributed by atoms with Crippen LogP contribution < -0.4 is 5.69 Å². The molecule has 0 atom stereocenters. The average molecular weight is 203 g/mol. The third-order valence-corrected chi connectivity index (χ3v) is 2.33. The van der Waals surface area contributed by atoms with E-state index in [4.69, 9.17) is 0 Å². The molecule has 0 bridgehead atoms. The molecule has 0 unspecified atom stereocenters. The first kappa shape index (κ1) is 9.36. The molecule has 0 radical (unpaired) electrons. The van der Waals surface area contributed by atoms with Crippen LogP contribution in [0, 0.1) is 0 Å². The van der Waals surface area contributed by atoms with Crippen LogP contribution in [0.4, 0.5) is 8.78 Å². The molecule has 1 heterocycles. The molecule has 0 spiro atoms. The first-order chi connectivity index (χ1) is 6.59. The molecule has 1 aliphatic carbocycles. The van der Waals surface area contributed by atoms with Crippen LogP contribution in [0.5, 0.6) is 0 Å². The third kappa shape index (κ3) is 1.56. The first-order valence-electron chi connectivity index (χ1n) is 4.51. The molecule has 0 N–H and O–H groups in total. The first-order valence-corrected chi connectivity index (χ1v) is 4.51. The van der Waals surface area contributed by atoms with Gasteiger partial charge in [-0.15, -0.1) is 0 Å². The van der Waals surface area contributed by atoms with Crippen LogP contribution >= 0.6 is 0 Å². The number of rotatable bonds is 3. The van der Waals surface area contributed by atoms with Crippen molar-refractivity contribution in [3.05, 3.63) is 16.3 Å². The molecule has 0 aromatic carbocycles. The maximum absolute atomic E-state index is 12.0. The molecule has 1 aromatic heterocycles. The minimum atomic E-state index is -2.53. The van der Waals surface area contributed by atoms with Crippen LogP contribution in [-0.4, -0.2) is 20.8 Å². The largest absolute Gasteiger partial charge is 0.345 e. The number of aromatic nitrogens is 3. The Labute approximate surface area is 79.1 Å². The highest BCUT2D eigenvalue weighted by atomic mass is 19.3. The highest BCUT2D eigenvalue weighted by Crippen LogP contribution is 2.38. The van der Waals surface area contributed by atoms with E-state index in [1.54, 1.807) is 7.05 Å². The number of alkyl halides is 2. The second-order valence-electron chi connectivity index (χ2n) is 3.55. The van der Waals surface area contributed by atoms with E-state index in [1.165, 1.54) is 4.57 Å². The fraction of sp³-hybridized carbons (Fsp3) is 0.750. The quantitative estimate of drug-likeness (QED) is 0.726. The van der Waals surface area contributed by atoms with E-state index >= 15 is 0 Å². The maximum Gasteiger partial charge on any atom is 0.345 e. The van der Waals surface area contributed by atoms with E-state index in [-0.39, 0.29) is 0 Å². The van der Waals surface area contributed by atoms with Gasteiger partial charge in [-0.25, -0.2) is 18.3 Å². The highest BCUT2D eigenvalue weighted by molar-refractivity contribution is 5.04. The Morgan fingerprint density at radius 3 is 2.71 bits per heavy atom. The van der Waals surface area contributed by atoms with Crippen molar-refractivity contribution in [2.75, 3.05) is 0 Å². The van der Waals surface area contributed by atoms with Gasteiger partial charge >= 0.3 is 5.69 Å². The Hall–Kier alpha value is -1.20. The van der Waals surface area contributed by atoms with Crippen LogP contribution in [0.2, 0.25) is 0 Å². The molecule has 1 aromatic rings. The van der Waals surface area contributed by atoms with Crippen LogP contribution in [0.25, 0.3) is 0 Å². The van der Waals surface area contributed by atoms with Crippen molar-refractivity contribution in [2.45, 2.75) is 31.7 Å². The van der Waals surface area contributed by atoms with Gasteiger partial charge in [0.15, 0.2) is 0 Å². The predicted molar refractivity (Wildman–Crippen MR) is 45.4 cm³/mol. The Balaban J connectivity index is 2.32. The summed E-state index contributed by atoms with van der Waals surface area (Å²) < 4.78 is 26.3. The molecular formula is C8H11F2N3O. The second kappa shape index (κ2) is 3.18. The Kier molecular flexibility index (Phi) is 2.13. The van der Waals surface area contributed by atoms with Gasteiger partial charge in [0.1, 0.15) is 12.4 Å².